The highest BCUT2D eigenvalue weighted by atomic mass is 16.7. The van der Waals surface area contributed by atoms with E-state index in [2.05, 4.69) is 0 Å². The summed E-state index contributed by atoms with van der Waals surface area (Å²) in [4.78, 5) is 25.3. The highest BCUT2D eigenvalue weighted by Gasteiger charge is 2.18. The van der Waals surface area contributed by atoms with Gasteiger partial charge in [-0.25, -0.2) is 9.59 Å². The summed E-state index contributed by atoms with van der Waals surface area (Å²) in [6, 6.07) is 16.5. The average molecular weight is 446 g/mol. The van der Waals surface area contributed by atoms with Crippen LogP contribution in [0.15, 0.2) is 69.9 Å². The third kappa shape index (κ3) is 3.82. The Labute approximate surface area is 187 Å². The number of benzene rings is 3. The van der Waals surface area contributed by atoms with Gasteiger partial charge in [0.1, 0.15) is 22.8 Å². The first-order valence-corrected chi connectivity index (χ1v) is 9.98. The van der Waals surface area contributed by atoms with Gasteiger partial charge in [0.2, 0.25) is 6.79 Å². The number of ether oxygens (including phenoxy) is 5. The van der Waals surface area contributed by atoms with E-state index in [1.165, 1.54) is 13.2 Å². The molecule has 3 aromatic carbocycles. The quantitative estimate of drug-likeness (QED) is 0.253. The zero-order valence-corrected chi connectivity index (χ0v) is 17.7. The number of rotatable bonds is 5. The Hall–Kier alpha value is -4.46. The Morgan fingerprint density at radius 3 is 2.45 bits per heavy atom. The van der Waals surface area contributed by atoms with E-state index in [1.54, 1.807) is 61.7 Å². The number of hydrogen-bond donors (Lipinski definition) is 0. The first kappa shape index (κ1) is 20.4. The van der Waals surface area contributed by atoms with Crippen LogP contribution in [0.2, 0.25) is 0 Å². The molecule has 0 atom stereocenters. The molecule has 0 N–H and O–H groups in total. The maximum absolute atomic E-state index is 12.7. The van der Waals surface area contributed by atoms with Gasteiger partial charge in [-0.2, -0.15) is 0 Å². The number of methoxy groups -OCH3 is 2. The first-order chi connectivity index (χ1) is 16.1. The topological polar surface area (TPSA) is 93.4 Å². The molecule has 0 spiro atoms. The van der Waals surface area contributed by atoms with Gasteiger partial charge < -0.3 is 28.1 Å². The molecular weight excluding hydrogens is 428 g/mol. The van der Waals surface area contributed by atoms with Gasteiger partial charge in [0.15, 0.2) is 11.5 Å². The lowest BCUT2D eigenvalue weighted by Crippen LogP contribution is -2.08. The molecule has 0 fully saturated rings. The van der Waals surface area contributed by atoms with Gasteiger partial charge in [-0.1, -0.05) is 0 Å². The van der Waals surface area contributed by atoms with Crippen LogP contribution in [0.25, 0.3) is 22.1 Å². The molecule has 166 valence electrons. The van der Waals surface area contributed by atoms with Crippen molar-refractivity contribution >= 4 is 16.9 Å². The Bertz CT molecular complexity index is 1440. The maximum Gasteiger partial charge on any atom is 0.344 e. The molecule has 1 aromatic heterocycles. The molecule has 33 heavy (non-hydrogen) atoms. The molecule has 1 aliphatic rings. The fourth-order valence-corrected chi connectivity index (χ4v) is 3.55. The molecule has 0 saturated heterocycles. The third-order valence-corrected chi connectivity index (χ3v) is 5.23. The van der Waals surface area contributed by atoms with E-state index in [1.807, 2.05) is 0 Å². The zero-order valence-electron chi connectivity index (χ0n) is 17.7. The third-order valence-electron chi connectivity index (χ3n) is 5.23. The minimum absolute atomic E-state index is 0.113. The van der Waals surface area contributed by atoms with Crippen molar-refractivity contribution in [3.63, 3.8) is 0 Å². The normalized spacial score (nSPS) is 11.9. The van der Waals surface area contributed by atoms with Crippen molar-refractivity contribution in [3.05, 3.63) is 76.6 Å². The van der Waals surface area contributed by atoms with Gasteiger partial charge in [-0.05, 0) is 48.5 Å². The molecular formula is C25H18O8. The predicted molar refractivity (Wildman–Crippen MR) is 119 cm³/mol. The minimum atomic E-state index is -0.574. The summed E-state index contributed by atoms with van der Waals surface area (Å²) in [5, 5.41) is 0.658. The van der Waals surface area contributed by atoms with Crippen molar-refractivity contribution < 1.29 is 32.9 Å². The summed E-state index contributed by atoms with van der Waals surface area (Å²) in [6.07, 6.45) is 0. The van der Waals surface area contributed by atoms with Crippen molar-refractivity contribution in [1.29, 1.82) is 0 Å². The van der Waals surface area contributed by atoms with Gasteiger partial charge in [0, 0.05) is 23.1 Å². The smallest absolute Gasteiger partial charge is 0.344 e. The summed E-state index contributed by atoms with van der Waals surface area (Å²) in [7, 11) is 3.07. The molecule has 1 aliphatic heterocycles. The van der Waals surface area contributed by atoms with Crippen molar-refractivity contribution in [2.45, 2.75) is 0 Å². The second-order valence-corrected chi connectivity index (χ2v) is 7.17. The van der Waals surface area contributed by atoms with Crippen LogP contribution in [0.4, 0.5) is 0 Å². The fourth-order valence-electron chi connectivity index (χ4n) is 3.55. The number of hydrogen-bond acceptors (Lipinski definition) is 8. The standard InChI is InChI=1S/C25H18O8/c1-28-16-6-7-18(22(11-16)29-2)19-9-14-3-5-17(12-21(14)33-25(19)27)32-24(26)15-4-8-20-23(10-15)31-13-30-20/h3-12H,13H2,1-2H3. The van der Waals surface area contributed by atoms with E-state index in [-0.39, 0.29) is 18.1 Å². The van der Waals surface area contributed by atoms with Crippen LogP contribution in [0.1, 0.15) is 10.4 Å². The second kappa shape index (κ2) is 8.23. The molecule has 0 bridgehead atoms. The molecule has 5 rings (SSSR count). The summed E-state index contributed by atoms with van der Waals surface area (Å²) in [6.45, 7) is 0.113. The first-order valence-electron chi connectivity index (χ1n) is 9.98. The zero-order chi connectivity index (χ0) is 22.9. The van der Waals surface area contributed by atoms with Crippen molar-refractivity contribution in [3.8, 4) is 39.9 Å². The molecule has 2 heterocycles. The van der Waals surface area contributed by atoms with Crippen molar-refractivity contribution in [2.24, 2.45) is 0 Å². The summed E-state index contributed by atoms with van der Waals surface area (Å²) in [5.74, 6) is 1.81. The highest BCUT2D eigenvalue weighted by molar-refractivity contribution is 5.92. The van der Waals surface area contributed by atoms with Crippen molar-refractivity contribution in [2.75, 3.05) is 21.0 Å². The lowest BCUT2D eigenvalue weighted by molar-refractivity contribution is 0.0734. The van der Waals surface area contributed by atoms with Gasteiger partial charge >= 0.3 is 11.6 Å². The van der Waals surface area contributed by atoms with Gasteiger partial charge in [-0.3, -0.25) is 0 Å². The van der Waals surface area contributed by atoms with Crippen LogP contribution < -0.4 is 29.3 Å². The number of fused-ring (bicyclic) bond motifs is 2. The molecule has 0 unspecified atom stereocenters. The van der Waals surface area contributed by atoms with Gasteiger partial charge in [0.05, 0.1) is 25.3 Å². The van der Waals surface area contributed by atoms with Crippen LogP contribution in [-0.2, 0) is 0 Å². The summed E-state index contributed by atoms with van der Waals surface area (Å²) < 4.78 is 32.1. The van der Waals surface area contributed by atoms with E-state index in [9.17, 15) is 9.59 Å². The van der Waals surface area contributed by atoms with Crippen LogP contribution in [0.5, 0.6) is 28.7 Å². The van der Waals surface area contributed by atoms with Gasteiger partial charge in [0.25, 0.3) is 0 Å². The maximum atomic E-state index is 12.7. The van der Waals surface area contributed by atoms with E-state index >= 15 is 0 Å². The molecule has 8 heteroatoms. The molecule has 0 saturated carbocycles. The van der Waals surface area contributed by atoms with Crippen LogP contribution in [-0.4, -0.2) is 27.0 Å². The molecule has 4 aromatic rings. The number of carbonyl (C=O) groups is 1. The monoisotopic (exact) mass is 446 g/mol. The molecule has 0 amide bonds. The lowest BCUT2D eigenvalue weighted by atomic mass is 10.0. The molecule has 0 radical (unpaired) electrons. The Morgan fingerprint density at radius 2 is 1.64 bits per heavy atom. The van der Waals surface area contributed by atoms with E-state index in [0.717, 1.165) is 0 Å². The minimum Gasteiger partial charge on any atom is -0.497 e. The van der Waals surface area contributed by atoms with E-state index in [0.29, 0.717) is 45.1 Å². The van der Waals surface area contributed by atoms with E-state index in [4.69, 9.17) is 28.1 Å². The van der Waals surface area contributed by atoms with E-state index < -0.39 is 11.6 Å². The summed E-state index contributed by atoms with van der Waals surface area (Å²) >= 11 is 0. The SMILES string of the molecule is COc1ccc(-c2cc3ccc(OC(=O)c4ccc5c(c4)OCO5)cc3oc2=O)c(OC)c1. The largest absolute Gasteiger partial charge is 0.497 e. The van der Waals surface area contributed by atoms with Crippen molar-refractivity contribution in [1.82, 2.24) is 0 Å². The summed E-state index contributed by atoms with van der Waals surface area (Å²) in [5.41, 5.74) is 0.958. The Kier molecular flexibility index (Phi) is 5.10. The Morgan fingerprint density at radius 1 is 0.818 bits per heavy atom. The van der Waals surface area contributed by atoms with Gasteiger partial charge in [-0.15, -0.1) is 0 Å². The fraction of sp³-hybridized carbons (Fsp3) is 0.120. The average Bonchev–Trinajstić information content (AvgIpc) is 3.31. The Balaban J connectivity index is 1.45. The highest BCUT2D eigenvalue weighted by Crippen LogP contribution is 2.34. The molecule has 8 nitrogen and oxygen atoms in total. The lowest BCUT2D eigenvalue weighted by Gasteiger charge is -2.10. The van der Waals surface area contributed by atoms with Crippen LogP contribution in [0.3, 0.4) is 0 Å². The van der Waals surface area contributed by atoms with Crippen LogP contribution in [0, 0.1) is 0 Å². The molecule has 0 aliphatic carbocycles. The predicted octanol–water partition coefficient (Wildman–Crippen LogP) is 4.43. The van der Waals surface area contributed by atoms with Crippen LogP contribution >= 0.6 is 0 Å². The number of carbonyl (C=O) groups excluding carboxylic acids is 1. The second-order valence-electron chi connectivity index (χ2n) is 7.17. The number of esters is 1.